The molecule has 0 N–H and O–H groups in total. The smallest absolute Gasteiger partial charge is 0.264 e. The number of benzene rings is 1. The summed E-state index contributed by atoms with van der Waals surface area (Å²) in [4.78, 5) is 11.8. The van der Waals surface area contributed by atoms with Gasteiger partial charge in [0.1, 0.15) is 12.4 Å². The maximum atomic E-state index is 11.8. The Hall–Kier alpha value is -1.44. The molecule has 0 aromatic heterocycles. The maximum absolute atomic E-state index is 11.8. The summed E-state index contributed by atoms with van der Waals surface area (Å²) >= 11 is 0. The number of ketones is 1. The van der Waals surface area contributed by atoms with Crippen LogP contribution in [-0.2, 0) is 19.0 Å². The summed E-state index contributed by atoms with van der Waals surface area (Å²) in [6, 6.07) is 6.81. The lowest BCUT2D eigenvalue weighted by Crippen LogP contribution is -2.10. The molecule has 0 aliphatic heterocycles. The highest BCUT2D eigenvalue weighted by atomic mass is 32.2. The van der Waals surface area contributed by atoms with Gasteiger partial charge in [0.15, 0.2) is 5.78 Å². The summed E-state index contributed by atoms with van der Waals surface area (Å²) in [6.07, 6.45) is 2.20. The fourth-order valence-electron chi connectivity index (χ4n) is 1.54. The molecule has 0 amide bonds. The lowest BCUT2D eigenvalue weighted by Gasteiger charge is -2.05. The molecule has 6 nitrogen and oxygen atoms in total. The number of rotatable bonds is 10. The van der Waals surface area contributed by atoms with Gasteiger partial charge >= 0.3 is 0 Å². The molecule has 0 saturated heterocycles. The van der Waals surface area contributed by atoms with Crippen LogP contribution in [0.2, 0.25) is 0 Å². The molecule has 0 fully saturated rings. The minimum atomic E-state index is -3.38. The van der Waals surface area contributed by atoms with E-state index < -0.39 is 10.1 Å². The molecule has 0 aliphatic carbocycles. The van der Waals surface area contributed by atoms with E-state index in [2.05, 4.69) is 4.18 Å². The van der Waals surface area contributed by atoms with Gasteiger partial charge in [-0.2, -0.15) is 8.42 Å². The van der Waals surface area contributed by atoms with Crippen molar-refractivity contribution in [1.29, 1.82) is 0 Å². The molecule has 1 rings (SSSR count). The van der Waals surface area contributed by atoms with E-state index in [1.54, 1.807) is 31.4 Å². The number of unbranched alkanes of at least 4 members (excludes halogenated alkanes) is 1. The molecular weight excluding hydrogens is 296 g/mol. The second-order valence-corrected chi connectivity index (χ2v) is 6.08. The number of hydrogen-bond donors (Lipinski definition) is 0. The summed E-state index contributed by atoms with van der Waals surface area (Å²) in [6.45, 7) is 0.517. The quantitative estimate of drug-likeness (QED) is 0.371. The molecular formula is C14H20O6S. The zero-order valence-electron chi connectivity index (χ0n) is 12.2. The molecule has 0 aliphatic rings. The average Bonchev–Trinajstić information content (AvgIpc) is 2.45. The first-order valence-electron chi connectivity index (χ1n) is 6.52. The molecule has 21 heavy (non-hydrogen) atoms. The van der Waals surface area contributed by atoms with Crippen molar-refractivity contribution in [3.05, 3.63) is 29.8 Å². The van der Waals surface area contributed by atoms with Gasteiger partial charge in [0.2, 0.25) is 0 Å². The number of carbonyl (C=O) groups is 1. The number of hydrogen-bond acceptors (Lipinski definition) is 6. The van der Waals surface area contributed by atoms with Crippen LogP contribution in [0.4, 0.5) is 0 Å². The van der Waals surface area contributed by atoms with Crippen molar-refractivity contribution in [2.45, 2.75) is 12.8 Å². The molecule has 118 valence electrons. The van der Waals surface area contributed by atoms with Gasteiger partial charge in [0.25, 0.3) is 10.1 Å². The molecule has 0 radical (unpaired) electrons. The maximum Gasteiger partial charge on any atom is 0.264 e. The molecule has 1 aromatic carbocycles. The van der Waals surface area contributed by atoms with Gasteiger partial charge in [-0.1, -0.05) is 0 Å². The van der Waals surface area contributed by atoms with Crippen molar-refractivity contribution in [3.63, 3.8) is 0 Å². The minimum absolute atomic E-state index is 0.000732. The molecule has 0 bridgehead atoms. The minimum Gasteiger partial charge on any atom is -0.497 e. The first-order valence-corrected chi connectivity index (χ1v) is 8.33. The number of ether oxygens (including phenoxy) is 2. The predicted octanol–water partition coefficient (Wildman–Crippen LogP) is 1.65. The summed E-state index contributed by atoms with van der Waals surface area (Å²) in [5.41, 5.74) is 0.566. The van der Waals surface area contributed by atoms with Gasteiger partial charge in [-0.25, -0.2) is 0 Å². The second-order valence-electron chi connectivity index (χ2n) is 4.44. The lowest BCUT2D eigenvalue weighted by atomic mass is 10.1. The Bertz CT molecular complexity index is 535. The highest BCUT2D eigenvalue weighted by Gasteiger charge is 2.06. The van der Waals surface area contributed by atoms with Crippen molar-refractivity contribution in [2.75, 3.05) is 33.2 Å². The zero-order chi connectivity index (χ0) is 15.7. The molecule has 7 heteroatoms. The van der Waals surface area contributed by atoms with Crippen LogP contribution in [0.15, 0.2) is 24.3 Å². The fourth-order valence-corrected chi connectivity index (χ4v) is 1.96. The third kappa shape index (κ3) is 7.79. The summed E-state index contributed by atoms with van der Waals surface area (Å²) < 4.78 is 36.3. The summed E-state index contributed by atoms with van der Waals surface area (Å²) in [7, 11) is -1.81. The van der Waals surface area contributed by atoms with E-state index in [4.69, 9.17) is 9.47 Å². The molecule has 1 aromatic rings. The van der Waals surface area contributed by atoms with Crippen LogP contribution < -0.4 is 4.74 Å². The average molecular weight is 316 g/mol. The van der Waals surface area contributed by atoms with Crippen molar-refractivity contribution in [2.24, 2.45) is 0 Å². The van der Waals surface area contributed by atoms with E-state index in [1.165, 1.54) is 0 Å². The van der Waals surface area contributed by atoms with E-state index in [1.807, 2.05) is 0 Å². The van der Waals surface area contributed by atoms with Crippen LogP contribution in [0.3, 0.4) is 0 Å². The largest absolute Gasteiger partial charge is 0.497 e. The van der Waals surface area contributed by atoms with E-state index >= 15 is 0 Å². The normalized spacial score (nSPS) is 11.3. The molecule has 0 unspecified atom stereocenters. The van der Waals surface area contributed by atoms with Gasteiger partial charge in [-0.15, -0.1) is 0 Å². The third-order valence-corrected chi connectivity index (χ3v) is 3.22. The molecule has 0 heterocycles. The van der Waals surface area contributed by atoms with E-state index in [0.717, 1.165) is 6.26 Å². The molecule has 0 saturated carbocycles. The third-order valence-electron chi connectivity index (χ3n) is 2.63. The van der Waals surface area contributed by atoms with E-state index in [9.17, 15) is 13.2 Å². The number of Topliss-reactive ketones (excluding diaryl/α,β-unsaturated/α-hetero) is 1. The van der Waals surface area contributed by atoms with Gasteiger partial charge in [0, 0.05) is 12.2 Å². The molecule has 0 spiro atoms. The van der Waals surface area contributed by atoms with Crippen molar-refractivity contribution in [1.82, 2.24) is 0 Å². The lowest BCUT2D eigenvalue weighted by molar-refractivity contribution is 0.0748. The van der Waals surface area contributed by atoms with Crippen LogP contribution in [0.25, 0.3) is 0 Å². The zero-order valence-corrected chi connectivity index (χ0v) is 13.0. The summed E-state index contributed by atoms with van der Waals surface area (Å²) in [5.74, 6) is 0.586. The Balaban J connectivity index is 2.16. The fraction of sp³-hybridized carbons (Fsp3) is 0.500. The highest BCUT2D eigenvalue weighted by Crippen LogP contribution is 2.11. The molecule has 0 atom stereocenters. The summed E-state index contributed by atoms with van der Waals surface area (Å²) in [5, 5.41) is 0. The second kappa shape index (κ2) is 8.76. The SMILES string of the molecule is COc1ccc(C(=O)COCCCCOS(C)(=O)=O)cc1. The Morgan fingerprint density at radius 1 is 1.10 bits per heavy atom. The number of methoxy groups -OCH3 is 1. The Morgan fingerprint density at radius 2 is 1.71 bits per heavy atom. The monoisotopic (exact) mass is 316 g/mol. The Labute approximate surface area is 125 Å². The van der Waals surface area contributed by atoms with Gasteiger partial charge in [-0.3, -0.25) is 8.98 Å². The van der Waals surface area contributed by atoms with Crippen molar-refractivity contribution >= 4 is 15.9 Å². The Kier molecular flexibility index (Phi) is 7.35. The first kappa shape index (κ1) is 17.6. The van der Waals surface area contributed by atoms with Crippen LogP contribution in [0.1, 0.15) is 23.2 Å². The van der Waals surface area contributed by atoms with Gasteiger partial charge < -0.3 is 9.47 Å². The van der Waals surface area contributed by atoms with Gasteiger partial charge in [0.05, 0.1) is 20.0 Å². The van der Waals surface area contributed by atoms with Crippen molar-refractivity contribution in [3.8, 4) is 5.75 Å². The number of carbonyl (C=O) groups excluding carboxylic acids is 1. The van der Waals surface area contributed by atoms with Crippen LogP contribution in [-0.4, -0.2) is 47.4 Å². The van der Waals surface area contributed by atoms with Crippen LogP contribution in [0, 0.1) is 0 Å². The van der Waals surface area contributed by atoms with Crippen LogP contribution in [0.5, 0.6) is 5.75 Å². The predicted molar refractivity (Wildman–Crippen MR) is 78.2 cm³/mol. The topological polar surface area (TPSA) is 78.9 Å². The standard InChI is InChI=1S/C14H20O6S/c1-18-13-7-5-12(6-8-13)14(15)11-19-9-3-4-10-20-21(2,16)17/h5-8H,3-4,9-11H2,1-2H3. The first-order chi connectivity index (χ1) is 9.92. The van der Waals surface area contributed by atoms with Crippen LogP contribution >= 0.6 is 0 Å². The highest BCUT2D eigenvalue weighted by molar-refractivity contribution is 7.85. The van der Waals surface area contributed by atoms with Crippen molar-refractivity contribution < 1.29 is 26.9 Å². The van der Waals surface area contributed by atoms with Gasteiger partial charge in [-0.05, 0) is 37.1 Å². The van der Waals surface area contributed by atoms with E-state index in [0.29, 0.717) is 30.8 Å². The Morgan fingerprint density at radius 3 is 2.29 bits per heavy atom. The van der Waals surface area contributed by atoms with E-state index in [-0.39, 0.29) is 19.0 Å².